The van der Waals surface area contributed by atoms with Gasteiger partial charge in [-0.25, -0.2) is 0 Å². The van der Waals surface area contributed by atoms with Crippen molar-refractivity contribution in [3.05, 3.63) is 23.7 Å². The molecule has 1 N–H and O–H groups in total. The van der Waals surface area contributed by atoms with Gasteiger partial charge in [0, 0.05) is 19.0 Å². The number of nitrogens with one attached hydrogen (secondary N) is 1. The molecular formula is C12H17NO3. The molecule has 1 aliphatic heterocycles. The van der Waals surface area contributed by atoms with Crippen molar-refractivity contribution in [3.63, 3.8) is 0 Å². The van der Waals surface area contributed by atoms with Crippen LogP contribution < -0.4 is 5.32 Å². The normalized spacial score (nSPS) is 24.6. The lowest BCUT2D eigenvalue weighted by molar-refractivity contribution is -0.147. The fourth-order valence-electron chi connectivity index (χ4n) is 2.28. The smallest absolute Gasteiger partial charge is 0.310 e. The Bertz CT molecular complexity index is 372. The Kier molecular flexibility index (Phi) is 3.29. The summed E-state index contributed by atoms with van der Waals surface area (Å²) in [5.74, 6) is 0.871. The number of aryl methyl sites for hydroxylation is 1. The Hall–Kier alpha value is -1.29. The van der Waals surface area contributed by atoms with Crippen LogP contribution in [-0.4, -0.2) is 25.7 Å². The molecule has 88 valence electrons. The van der Waals surface area contributed by atoms with Crippen LogP contribution in [0.2, 0.25) is 0 Å². The lowest BCUT2D eigenvalue weighted by atomic mass is 9.89. The molecule has 1 saturated heterocycles. The average molecular weight is 223 g/mol. The molecular weight excluding hydrogens is 206 g/mol. The molecule has 1 aromatic rings. The van der Waals surface area contributed by atoms with Crippen molar-refractivity contribution in [2.24, 2.45) is 5.92 Å². The number of furan rings is 1. The molecule has 1 fully saturated rings. The van der Waals surface area contributed by atoms with Crippen LogP contribution in [0.1, 0.15) is 24.2 Å². The van der Waals surface area contributed by atoms with E-state index >= 15 is 0 Å². The van der Waals surface area contributed by atoms with Crippen LogP contribution >= 0.6 is 0 Å². The third-order valence-electron chi connectivity index (χ3n) is 3.10. The summed E-state index contributed by atoms with van der Waals surface area (Å²) in [6, 6.07) is 1.94. The van der Waals surface area contributed by atoms with Gasteiger partial charge in [-0.2, -0.15) is 0 Å². The first-order chi connectivity index (χ1) is 7.74. The first-order valence-electron chi connectivity index (χ1n) is 5.65. The molecule has 0 spiro atoms. The maximum Gasteiger partial charge on any atom is 0.310 e. The topological polar surface area (TPSA) is 51.5 Å². The summed E-state index contributed by atoms with van der Waals surface area (Å²) in [6.07, 6.45) is 1.67. The predicted molar refractivity (Wildman–Crippen MR) is 59.2 cm³/mol. The molecule has 0 saturated carbocycles. The number of carbonyl (C=O) groups is 1. The second-order valence-corrected chi connectivity index (χ2v) is 4.06. The summed E-state index contributed by atoms with van der Waals surface area (Å²) in [7, 11) is 0. The summed E-state index contributed by atoms with van der Waals surface area (Å²) < 4.78 is 10.4. The van der Waals surface area contributed by atoms with Gasteiger partial charge in [-0.3, -0.25) is 4.79 Å². The molecule has 2 heterocycles. The molecule has 0 bridgehead atoms. The maximum absolute atomic E-state index is 11.8. The lowest BCUT2D eigenvalue weighted by Crippen LogP contribution is -2.24. The molecule has 1 aliphatic rings. The Morgan fingerprint density at radius 1 is 1.62 bits per heavy atom. The Labute approximate surface area is 95.0 Å². The Morgan fingerprint density at radius 3 is 3.06 bits per heavy atom. The minimum atomic E-state index is -0.113. The van der Waals surface area contributed by atoms with E-state index in [1.807, 2.05) is 19.9 Å². The highest BCUT2D eigenvalue weighted by molar-refractivity contribution is 5.74. The fourth-order valence-corrected chi connectivity index (χ4v) is 2.28. The van der Waals surface area contributed by atoms with Gasteiger partial charge in [0.2, 0.25) is 0 Å². The first-order valence-corrected chi connectivity index (χ1v) is 5.65. The third kappa shape index (κ3) is 1.97. The average Bonchev–Trinajstić information content (AvgIpc) is 2.85. The number of ether oxygens (including phenoxy) is 1. The molecule has 0 aliphatic carbocycles. The van der Waals surface area contributed by atoms with Crippen LogP contribution in [0, 0.1) is 12.8 Å². The summed E-state index contributed by atoms with van der Waals surface area (Å²) in [5, 5.41) is 3.23. The molecule has 2 unspecified atom stereocenters. The monoisotopic (exact) mass is 223 g/mol. The van der Waals surface area contributed by atoms with Crippen molar-refractivity contribution in [2.75, 3.05) is 19.7 Å². The van der Waals surface area contributed by atoms with Crippen LogP contribution in [0.3, 0.4) is 0 Å². The van der Waals surface area contributed by atoms with E-state index < -0.39 is 0 Å². The van der Waals surface area contributed by atoms with Gasteiger partial charge < -0.3 is 14.5 Å². The number of hydrogen-bond acceptors (Lipinski definition) is 4. The number of esters is 1. The van der Waals surface area contributed by atoms with Crippen LogP contribution in [-0.2, 0) is 9.53 Å². The van der Waals surface area contributed by atoms with Crippen molar-refractivity contribution < 1.29 is 13.9 Å². The predicted octanol–water partition coefficient (Wildman–Crippen LogP) is 1.45. The second-order valence-electron chi connectivity index (χ2n) is 4.06. The van der Waals surface area contributed by atoms with E-state index in [9.17, 15) is 4.79 Å². The van der Waals surface area contributed by atoms with Crippen LogP contribution in [0.15, 0.2) is 16.7 Å². The van der Waals surface area contributed by atoms with Gasteiger partial charge in [-0.1, -0.05) is 0 Å². The van der Waals surface area contributed by atoms with Crippen molar-refractivity contribution in [1.82, 2.24) is 5.32 Å². The lowest BCUT2D eigenvalue weighted by Gasteiger charge is -2.16. The second kappa shape index (κ2) is 4.70. The highest BCUT2D eigenvalue weighted by Crippen LogP contribution is 2.31. The van der Waals surface area contributed by atoms with Crippen molar-refractivity contribution in [3.8, 4) is 0 Å². The van der Waals surface area contributed by atoms with Gasteiger partial charge in [-0.05, 0) is 25.5 Å². The molecule has 2 rings (SSSR count). The molecule has 2 atom stereocenters. The van der Waals surface area contributed by atoms with E-state index in [1.54, 1.807) is 6.26 Å². The molecule has 0 amide bonds. The Morgan fingerprint density at radius 2 is 2.44 bits per heavy atom. The van der Waals surface area contributed by atoms with E-state index in [-0.39, 0.29) is 17.8 Å². The van der Waals surface area contributed by atoms with E-state index in [0.717, 1.165) is 17.9 Å². The van der Waals surface area contributed by atoms with Gasteiger partial charge in [0.15, 0.2) is 0 Å². The summed E-state index contributed by atoms with van der Waals surface area (Å²) in [4.78, 5) is 11.8. The molecule has 0 radical (unpaired) electrons. The van der Waals surface area contributed by atoms with E-state index in [1.165, 1.54) is 0 Å². The van der Waals surface area contributed by atoms with E-state index in [2.05, 4.69) is 5.32 Å². The third-order valence-corrected chi connectivity index (χ3v) is 3.10. The minimum Gasteiger partial charge on any atom is -0.469 e. The summed E-state index contributed by atoms with van der Waals surface area (Å²) in [5.41, 5.74) is 1.11. The minimum absolute atomic E-state index is 0.0868. The zero-order valence-corrected chi connectivity index (χ0v) is 9.66. The summed E-state index contributed by atoms with van der Waals surface area (Å²) >= 11 is 0. The van der Waals surface area contributed by atoms with Crippen LogP contribution in [0.4, 0.5) is 0 Å². The van der Waals surface area contributed by atoms with Gasteiger partial charge in [-0.15, -0.1) is 0 Å². The van der Waals surface area contributed by atoms with Gasteiger partial charge in [0.05, 0.1) is 18.8 Å². The van der Waals surface area contributed by atoms with Gasteiger partial charge >= 0.3 is 5.97 Å². The quantitative estimate of drug-likeness (QED) is 0.788. The largest absolute Gasteiger partial charge is 0.469 e. The first kappa shape index (κ1) is 11.2. The fraction of sp³-hybridized carbons (Fsp3) is 0.583. The number of hydrogen-bond donors (Lipinski definition) is 1. The molecule has 4 nitrogen and oxygen atoms in total. The highest BCUT2D eigenvalue weighted by Gasteiger charge is 2.36. The maximum atomic E-state index is 11.8. The van der Waals surface area contributed by atoms with Crippen molar-refractivity contribution in [1.29, 1.82) is 0 Å². The Balaban J connectivity index is 2.15. The summed E-state index contributed by atoms with van der Waals surface area (Å²) in [6.45, 7) is 5.69. The zero-order valence-electron chi connectivity index (χ0n) is 9.66. The molecule has 4 heteroatoms. The van der Waals surface area contributed by atoms with Crippen LogP contribution in [0.25, 0.3) is 0 Å². The van der Waals surface area contributed by atoms with E-state index in [0.29, 0.717) is 13.2 Å². The zero-order chi connectivity index (χ0) is 11.5. The number of carbonyl (C=O) groups excluding carboxylic acids is 1. The molecule has 0 aromatic carbocycles. The van der Waals surface area contributed by atoms with Crippen LogP contribution in [0.5, 0.6) is 0 Å². The van der Waals surface area contributed by atoms with Crippen molar-refractivity contribution >= 4 is 5.97 Å². The van der Waals surface area contributed by atoms with E-state index in [4.69, 9.17) is 9.15 Å². The number of rotatable bonds is 3. The van der Waals surface area contributed by atoms with Crippen molar-refractivity contribution in [2.45, 2.75) is 19.8 Å². The highest BCUT2D eigenvalue weighted by atomic mass is 16.5. The van der Waals surface area contributed by atoms with Gasteiger partial charge in [0.25, 0.3) is 0 Å². The molecule has 1 aromatic heterocycles. The SMILES string of the molecule is CCOC(=O)C1CNCC1c1ccoc1C. The molecule has 16 heavy (non-hydrogen) atoms. The standard InChI is InChI=1S/C12H17NO3/c1-3-15-12(14)11-7-13-6-10(11)9-4-5-16-8(9)2/h4-5,10-11,13H,3,6-7H2,1-2H3. The van der Waals surface area contributed by atoms with Gasteiger partial charge in [0.1, 0.15) is 5.76 Å².